The number of carbonyl (C=O) groups is 2. The second-order valence-corrected chi connectivity index (χ2v) is 9.14. The number of hydrogen-bond acceptors (Lipinski definition) is 6. The van der Waals surface area contributed by atoms with E-state index >= 15 is 0 Å². The Morgan fingerprint density at radius 1 is 1.06 bits per heavy atom. The summed E-state index contributed by atoms with van der Waals surface area (Å²) in [4.78, 5) is 27.0. The number of hydrogen-bond donors (Lipinski definition) is 1. The van der Waals surface area contributed by atoms with Crippen molar-refractivity contribution < 1.29 is 9.59 Å². The molecule has 0 aliphatic carbocycles. The minimum absolute atomic E-state index is 0.105. The molecule has 180 valence electrons. The van der Waals surface area contributed by atoms with Crippen LogP contribution in [0.5, 0.6) is 0 Å². The lowest BCUT2D eigenvalue weighted by Gasteiger charge is -2.18. The molecule has 9 nitrogen and oxygen atoms in total. The van der Waals surface area contributed by atoms with Gasteiger partial charge in [-0.3, -0.25) is 9.59 Å². The highest BCUT2D eigenvalue weighted by Crippen LogP contribution is 2.21. The molecule has 0 fully saturated rings. The molecule has 0 saturated carbocycles. The van der Waals surface area contributed by atoms with Gasteiger partial charge in [-0.2, -0.15) is 5.10 Å². The number of aromatic nitrogens is 5. The molecule has 0 bridgehead atoms. The number of nitrogens with one attached hydrogen (secondary N) is 1. The van der Waals surface area contributed by atoms with Gasteiger partial charge in [0.05, 0.1) is 17.1 Å². The number of carbonyl (C=O) groups excluding carboxylic acids is 2. The molecule has 0 saturated heterocycles. The van der Waals surface area contributed by atoms with Gasteiger partial charge in [0.2, 0.25) is 5.91 Å². The van der Waals surface area contributed by atoms with Crippen LogP contribution in [0.4, 0.5) is 5.69 Å². The molecule has 0 aliphatic heterocycles. The second-order valence-electron chi connectivity index (χ2n) is 8.20. The summed E-state index contributed by atoms with van der Waals surface area (Å²) < 4.78 is 3.66. The van der Waals surface area contributed by atoms with Gasteiger partial charge in [-0.1, -0.05) is 30.0 Å². The molecule has 2 heterocycles. The van der Waals surface area contributed by atoms with E-state index in [4.69, 9.17) is 0 Å². The van der Waals surface area contributed by atoms with E-state index in [1.807, 2.05) is 55.9 Å². The van der Waals surface area contributed by atoms with E-state index in [2.05, 4.69) is 20.6 Å². The summed E-state index contributed by atoms with van der Waals surface area (Å²) in [6, 6.07) is 16.8. The zero-order valence-corrected chi connectivity index (χ0v) is 20.9. The molecule has 1 N–H and O–H groups in total. The normalized spacial score (nSPS) is 10.9. The molecule has 2 amide bonds. The number of thioether (sulfide) groups is 1. The van der Waals surface area contributed by atoms with Crippen molar-refractivity contribution in [2.45, 2.75) is 25.5 Å². The molecule has 35 heavy (non-hydrogen) atoms. The minimum Gasteiger partial charge on any atom is -0.337 e. The quantitative estimate of drug-likeness (QED) is 0.380. The van der Waals surface area contributed by atoms with Crippen molar-refractivity contribution in [3.8, 4) is 5.69 Å². The molecule has 0 aliphatic rings. The van der Waals surface area contributed by atoms with Gasteiger partial charge in [0.1, 0.15) is 6.33 Å². The number of amides is 2. The van der Waals surface area contributed by atoms with E-state index in [-0.39, 0.29) is 17.6 Å². The van der Waals surface area contributed by atoms with E-state index in [0.29, 0.717) is 23.0 Å². The van der Waals surface area contributed by atoms with Crippen LogP contribution in [0.2, 0.25) is 0 Å². The summed E-state index contributed by atoms with van der Waals surface area (Å²) in [5.74, 6) is -0.0479. The SMILES string of the molecule is Cc1nn(-c2ccccc2)c(C)c1CN(C)C(=O)c1ccc(NC(=O)CSc2nncn2C)cc1. The number of benzene rings is 2. The van der Waals surface area contributed by atoms with Crippen molar-refractivity contribution in [3.05, 3.63) is 83.4 Å². The lowest BCUT2D eigenvalue weighted by atomic mass is 10.1. The van der Waals surface area contributed by atoms with Gasteiger partial charge in [0.25, 0.3) is 5.91 Å². The van der Waals surface area contributed by atoms with Crippen LogP contribution >= 0.6 is 11.8 Å². The third-order valence-corrected chi connectivity index (χ3v) is 6.64. The number of para-hydroxylation sites is 1. The first-order chi connectivity index (χ1) is 16.8. The maximum absolute atomic E-state index is 13.0. The first-order valence-electron chi connectivity index (χ1n) is 11.1. The van der Waals surface area contributed by atoms with Crippen molar-refractivity contribution in [1.82, 2.24) is 29.4 Å². The molecule has 4 aromatic rings. The van der Waals surface area contributed by atoms with Gasteiger partial charge in [-0.25, -0.2) is 4.68 Å². The van der Waals surface area contributed by atoms with Crippen molar-refractivity contribution >= 4 is 29.3 Å². The van der Waals surface area contributed by atoms with Gasteiger partial charge >= 0.3 is 0 Å². The fourth-order valence-electron chi connectivity index (χ4n) is 3.68. The minimum atomic E-state index is -0.157. The largest absolute Gasteiger partial charge is 0.337 e. The second kappa shape index (κ2) is 10.6. The van der Waals surface area contributed by atoms with Gasteiger partial charge in [-0.15, -0.1) is 10.2 Å². The van der Waals surface area contributed by atoms with Crippen LogP contribution in [0.15, 0.2) is 66.1 Å². The zero-order chi connectivity index (χ0) is 24.9. The fraction of sp³-hybridized carbons (Fsp3) is 0.240. The van der Waals surface area contributed by atoms with Crippen molar-refractivity contribution in [2.24, 2.45) is 7.05 Å². The van der Waals surface area contributed by atoms with Crippen LogP contribution in [-0.4, -0.2) is 54.1 Å². The Kier molecular flexibility index (Phi) is 7.31. The van der Waals surface area contributed by atoms with Crippen LogP contribution in [0.3, 0.4) is 0 Å². The van der Waals surface area contributed by atoms with E-state index < -0.39 is 0 Å². The van der Waals surface area contributed by atoms with Crippen LogP contribution < -0.4 is 5.32 Å². The molecule has 0 spiro atoms. The number of nitrogens with zero attached hydrogens (tertiary/aromatic N) is 6. The molecule has 2 aromatic carbocycles. The first-order valence-corrected chi connectivity index (χ1v) is 12.0. The topological polar surface area (TPSA) is 97.9 Å². The fourth-order valence-corrected chi connectivity index (χ4v) is 4.37. The monoisotopic (exact) mass is 489 g/mol. The molecule has 2 aromatic heterocycles. The Morgan fingerprint density at radius 3 is 2.43 bits per heavy atom. The van der Waals surface area contributed by atoms with Crippen molar-refractivity contribution in [1.29, 1.82) is 0 Å². The molecule has 0 atom stereocenters. The Balaban J connectivity index is 1.37. The van der Waals surface area contributed by atoms with Gasteiger partial charge in [0.15, 0.2) is 5.16 Å². The summed E-state index contributed by atoms with van der Waals surface area (Å²) in [6.07, 6.45) is 1.59. The van der Waals surface area contributed by atoms with Crippen LogP contribution in [0.1, 0.15) is 27.3 Å². The Morgan fingerprint density at radius 2 is 1.77 bits per heavy atom. The standard InChI is InChI=1S/C25H27N7O2S/c1-17-22(18(2)32(29-17)21-8-6-5-7-9-21)14-30(3)24(34)19-10-12-20(13-11-19)27-23(33)15-35-25-28-26-16-31(25)4/h5-13,16H,14-15H2,1-4H3,(H,27,33). The highest BCUT2D eigenvalue weighted by Gasteiger charge is 2.18. The highest BCUT2D eigenvalue weighted by atomic mass is 32.2. The molecule has 0 unspecified atom stereocenters. The first kappa shape index (κ1) is 24.2. The number of aryl methyl sites for hydroxylation is 2. The van der Waals surface area contributed by atoms with Crippen LogP contribution in [-0.2, 0) is 18.4 Å². The smallest absolute Gasteiger partial charge is 0.253 e. The summed E-state index contributed by atoms with van der Waals surface area (Å²) in [5, 5.41) is 15.9. The van der Waals surface area contributed by atoms with Crippen molar-refractivity contribution in [2.75, 3.05) is 18.1 Å². The molecule has 0 radical (unpaired) electrons. The third kappa shape index (κ3) is 5.60. The highest BCUT2D eigenvalue weighted by molar-refractivity contribution is 7.99. The number of rotatable bonds is 8. The Bertz CT molecular complexity index is 1330. The zero-order valence-electron chi connectivity index (χ0n) is 20.1. The predicted octanol–water partition coefficient (Wildman–Crippen LogP) is 3.62. The Hall–Kier alpha value is -3.92. The number of anilines is 1. The van der Waals surface area contributed by atoms with Crippen molar-refractivity contribution in [3.63, 3.8) is 0 Å². The summed E-state index contributed by atoms with van der Waals surface area (Å²) in [7, 11) is 3.60. The molecule has 4 rings (SSSR count). The van der Waals surface area contributed by atoms with Gasteiger partial charge in [-0.05, 0) is 50.2 Å². The van der Waals surface area contributed by atoms with Gasteiger partial charge in [0, 0.05) is 43.1 Å². The maximum atomic E-state index is 13.0. The summed E-state index contributed by atoms with van der Waals surface area (Å²) in [6.45, 7) is 4.42. The molecule has 10 heteroatoms. The van der Waals surface area contributed by atoms with Gasteiger partial charge < -0.3 is 14.8 Å². The summed E-state index contributed by atoms with van der Waals surface area (Å²) in [5.41, 5.74) is 5.08. The van der Waals surface area contributed by atoms with Crippen LogP contribution in [0, 0.1) is 13.8 Å². The van der Waals surface area contributed by atoms with E-state index in [1.165, 1.54) is 11.8 Å². The molecular formula is C25H27N7O2S. The lowest BCUT2D eigenvalue weighted by molar-refractivity contribution is -0.113. The lowest BCUT2D eigenvalue weighted by Crippen LogP contribution is -2.26. The maximum Gasteiger partial charge on any atom is 0.253 e. The van der Waals surface area contributed by atoms with E-state index in [1.54, 1.807) is 47.1 Å². The van der Waals surface area contributed by atoms with E-state index in [9.17, 15) is 9.59 Å². The predicted molar refractivity (Wildman–Crippen MR) is 136 cm³/mol. The summed E-state index contributed by atoms with van der Waals surface area (Å²) >= 11 is 1.31. The van der Waals surface area contributed by atoms with Crippen LogP contribution in [0.25, 0.3) is 5.69 Å². The average Bonchev–Trinajstić information content (AvgIpc) is 3.40. The average molecular weight is 490 g/mol. The third-order valence-electron chi connectivity index (χ3n) is 5.60. The Labute approximate surface area is 208 Å². The van der Waals surface area contributed by atoms with E-state index in [0.717, 1.165) is 22.6 Å². The molecular weight excluding hydrogens is 462 g/mol.